The molecule has 0 aliphatic rings. The van der Waals surface area contributed by atoms with E-state index in [4.69, 9.17) is 0 Å². The Labute approximate surface area is 148 Å². The minimum atomic E-state index is -3.41. The van der Waals surface area contributed by atoms with Gasteiger partial charge >= 0.3 is 0 Å². The minimum absolute atomic E-state index is 0.113. The molecular weight excluding hydrogens is 342 g/mol. The standard InChI is InChI=1S/C17H25N3O2S2/c1-12(2)16-20-14(11-23-16)8-9-18-13-6-7-15(19-10-13)24(21,22)17(3,4)5/h6-7,10-12,18H,8-9H2,1-5H3. The summed E-state index contributed by atoms with van der Waals surface area (Å²) in [6.45, 7) is 10.0. The number of thiazole rings is 1. The molecule has 2 heterocycles. The maximum atomic E-state index is 12.3. The van der Waals surface area contributed by atoms with E-state index in [1.165, 1.54) is 0 Å². The van der Waals surface area contributed by atoms with Gasteiger partial charge in [0, 0.05) is 24.3 Å². The summed E-state index contributed by atoms with van der Waals surface area (Å²) in [5, 5.41) is 6.62. The van der Waals surface area contributed by atoms with Crippen molar-refractivity contribution in [2.45, 2.75) is 56.7 Å². The molecule has 2 aromatic heterocycles. The Morgan fingerprint density at radius 2 is 1.96 bits per heavy atom. The molecule has 0 radical (unpaired) electrons. The lowest BCUT2D eigenvalue weighted by atomic mass is 10.2. The van der Waals surface area contributed by atoms with Crippen molar-refractivity contribution in [3.8, 4) is 0 Å². The highest BCUT2D eigenvalue weighted by molar-refractivity contribution is 7.92. The molecule has 0 aliphatic heterocycles. The smallest absolute Gasteiger partial charge is 0.200 e. The van der Waals surface area contributed by atoms with Gasteiger partial charge < -0.3 is 5.32 Å². The third kappa shape index (κ3) is 4.33. The van der Waals surface area contributed by atoms with E-state index in [-0.39, 0.29) is 5.03 Å². The van der Waals surface area contributed by atoms with Gasteiger partial charge in [0.1, 0.15) is 0 Å². The van der Waals surface area contributed by atoms with E-state index in [1.807, 2.05) is 0 Å². The summed E-state index contributed by atoms with van der Waals surface area (Å²) in [5.41, 5.74) is 1.89. The topological polar surface area (TPSA) is 72.0 Å². The van der Waals surface area contributed by atoms with E-state index in [0.717, 1.165) is 29.4 Å². The first-order valence-electron chi connectivity index (χ1n) is 8.00. The van der Waals surface area contributed by atoms with Crippen LogP contribution in [0.1, 0.15) is 51.2 Å². The zero-order valence-corrected chi connectivity index (χ0v) is 16.5. The van der Waals surface area contributed by atoms with Gasteiger partial charge in [0.05, 0.1) is 27.3 Å². The molecule has 2 rings (SSSR count). The Bertz CT molecular complexity index is 773. The number of aromatic nitrogens is 2. The predicted octanol–water partition coefficient (Wildman–Crippen LogP) is 3.89. The molecule has 1 N–H and O–H groups in total. The molecule has 24 heavy (non-hydrogen) atoms. The molecule has 7 heteroatoms. The molecule has 132 valence electrons. The second-order valence-electron chi connectivity index (χ2n) is 7.01. The first kappa shape index (κ1) is 18.9. The summed E-state index contributed by atoms with van der Waals surface area (Å²) in [6, 6.07) is 3.31. The van der Waals surface area contributed by atoms with Gasteiger partial charge in [-0.2, -0.15) is 0 Å². The monoisotopic (exact) mass is 367 g/mol. The van der Waals surface area contributed by atoms with Gasteiger partial charge in [-0.1, -0.05) is 13.8 Å². The van der Waals surface area contributed by atoms with Crippen LogP contribution in [0.25, 0.3) is 0 Å². The van der Waals surface area contributed by atoms with E-state index in [2.05, 4.69) is 34.5 Å². The van der Waals surface area contributed by atoms with Crippen molar-refractivity contribution in [2.75, 3.05) is 11.9 Å². The van der Waals surface area contributed by atoms with Crippen LogP contribution in [0, 0.1) is 0 Å². The summed E-state index contributed by atoms with van der Waals surface area (Å²) in [7, 11) is -3.41. The summed E-state index contributed by atoms with van der Waals surface area (Å²) in [6.07, 6.45) is 2.39. The lowest BCUT2D eigenvalue weighted by Gasteiger charge is -2.18. The Kier molecular flexibility index (Phi) is 5.65. The number of nitrogens with one attached hydrogen (secondary N) is 1. The Morgan fingerprint density at radius 1 is 1.25 bits per heavy atom. The summed E-state index contributed by atoms with van der Waals surface area (Å²) in [5.74, 6) is 0.457. The van der Waals surface area contributed by atoms with Gasteiger partial charge in [0.25, 0.3) is 0 Å². The molecule has 0 bridgehead atoms. The lowest BCUT2D eigenvalue weighted by Crippen LogP contribution is -2.28. The third-order valence-corrected chi connectivity index (χ3v) is 7.19. The van der Waals surface area contributed by atoms with Gasteiger partial charge in [-0.05, 0) is 32.9 Å². The molecule has 0 aromatic carbocycles. The molecule has 0 fully saturated rings. The number of rotatable bonds is 6. The van der Waals surface area contributed by atoms with Gasteiger partial charge in [0.2, 0.25) is 0 Å². The Balaban J connectivity index is 1.95. The van der Waals surface area contributed by atoms with Crippen molar-refractivity contribution in [3.63, 3.8) is 0 Å². The van der Waals surface area contributed by atoms with Crippen LogP contribution in [0.4, 0.5) is 5.69 Å². The van der Waals surface area contributed by atoms with Crippen molar-refractivity contribution >= 4 is 26.9 Å². The van der Waals surface area contributed by atoms with Crippen LogP contribution in [0.5, 0.6) is 0 Å². The molecule has 0 unspecified atom stereocenters. The average molecular weight is 368 g/mol. The second-order valence-corrected chi connectivity index (χ2v) is 10.5. The number of nitrogens with zero attached hydrogens (tertiary/aromatic N) is 2. The highest BCUT2D eigenvalue weighted by Crippen LogP contribution is 2.24. The molecule has 2 aromatic rings. The third-order valence-electron chi connectivity index (χ3n) is 3.59. The number of anilines is 1. The van der Waals surface area contributed by atoms with Crippen molar-refractivity contribution in [1.82, 2.24) is 9.97 Å². The summed E-state index contributed by atoms with van der Waals surface area (Å²) >= 11 is 1.69. The maximum absolute atomic E-state index is 12.3. The molecule has 0 atom stereocenters. The van der Waals surface area contributed by atoms with Crippen LogP contribution >= 0.6 is 11.3 Å². The predicted molar refractivity (Wildman–Crippen MR) is 99.6 cm³/mol. The SMILES string of the molecule is CC(C)c1nc(CCNc2ccc(S(=O)(=O)C(C)(C)C)nc2)cs1. The van der Waals surface area contributed by atoms with Crippen molar-refractivity contribution in [3.05, 3.63) is 34.4 Å². The normalized spacial score (nSPS) is 12.6. The molecule has 0 saturated heterocycles. The minimum Gasteiger partial charge on any atom is -0.383 e. The van der Waals surface area contributed by atoms with Gasteiger partial charge in [-0.25, -0.2) is 18.4 Å². The van der Waals surface area contributed by atoms with E-state index in [0.29, 0.717) is 5.92 Å². The first-order valence-corrected chi connectivity index (χ1v) is 10.4. The number of pyridine rings is 1. The molecule has 0 amide bonds. The van der Waals surface area contributed by atoms with E-state index < -0.39 is 14.6 Å². The molecule has 0 spiro atoms. The van der Waals surface area contributed by atoms with Crippen LogP contribution in [0.3, 0.4) is 0 Å². The quantitative estimate of drug-likeness (QED) is 0.838. The fourth-order valence-electron chi connectivity index (χ4n) is 2.00. The first-order chi connectivity index (χ1) is 11.1. The van der Waals surface area contributed by atoms with Gasteiger partial charge in [-0.15, -0.1) is 11.3 Å². The highest BCUT2D eigenvalue weighted by Gasteiger charge is 2.31. The van der Waals surface area contributed by atoms with Gasteiger partial charge in [0.15, 0.2) is 14.9 Å². The van der Waals surface area contributed by atoms with Crippen LogP contribution in [0.2, 0.25) is 0 Å². The van der Waals surface area contributed by atoms with Crippen molar-refractivity contribution < 1.29 is 8.42 Å². The Morgan fingerprint density at radius 3 is 2.46 bits per heavy atom. The second kappa shape index (κ2) is 7.19. The summed E-state index contributed by atoms with van der Waals surface area (Å²) in [4.78, 5) is 8.70. The molecule has 5 nitrogen and oxygen atoms in total. The molecule has 0 saturated carbocycles. The van der Waals surface area contributed by atoms with Gasteiger partial charge in [-0.3, -0.25) is 0 Å². The number of sulfone groups is 1. The van der Waals surface area contributed by atoms with E-state index in [9.17, 15) is 8.42 Å². The average Bonchev–Trinajstić information content (AvgIpc) is 2.96. The fraction of sp³-hybridized carbons (Fsp3) is 0.529. The molecular formula is C17H25N3O2S2. The molecule has 0 aliphatic carbocycles. The van der Waals surface area contributed by atoms with Crippen LogP contribution in [0.15, 0.2) is 28.7 Å². The largest absolute Gasteiger partial charge is 0.383 e. The zero-order chi connectivity index (χ0) is 18.0. The van der Waals surface area contributed by atoms with E-state index >= 15 is 0 Å². The van der Waals surface area contributed by atoms with E-state index in [1.54, 1.807) is 50.4 Å². The number of hydrogen-bond acceptors (Lipinski definition) is 6. The fourth-order valence-corrected chi connectivity index (χ4v) is 3.93. The van der Waals surface area contributed by atoms with Crippen LogP contribution in [-0.4, -0.2) is 29.7 Å². The Hall–Kier alpha value is -1.47. The highest BCUT2D eigenvalue weighted by atomic mass is 32.2. The van der Waals surface area contributed by atoms with Crippen molar-refractivity contribution in [2.24, 2.45) is 0 Å². The zero-order valence-electron chi connectivity index (χ0n) is 14.8. The van der Waals surface area contributed by atoms with Crippen LogP contribution in [-0.2, 0) is 16.3 Å². The lowest BCUT2D eigenvalue weighted by molar-refractivity contribution is 0.556. The number of hydrogen-bond donors (Lipinski definition) is 1. The maximum Gasteiger partial charge on any atom is 0.200 e. The van der Waals surface area contributed by atoms with Crippen LogP contribution < -0.4 is 5.32 Å². The summed E-state index contributed by atoms with van der Waals surface area (Å²) < 4.78 is 23.8. The van der Waals surface area contributed by atoms with Crippen molar-refractivity contribution in [1.29, 1.82) is 0 Å².